The first-order valence-corrected chi connectivity index (χ1v) is 9.48. The number of rotatable bonds is 4. The van der Waals surface area contributed by atoms with E-state index in [4.69, 9.17) is 9.47 Å². The second kappa shape index (κ2) is 7.77. The van der Waals surface area contributed by atoms with E-state index in [1.165, 1.54) is 0 Å². The summed E-state index contributed by atoms with van der Waals surface area (Å²) in [6.07, 6.45) is 4.48. The van der Waals surface area contributed by atoms with Crippen molar-refractivity contribution < 1.29 is 14.3 Å². The lowest BCUT2D eigenvalue weighted by Crippen LogP contribution is -2.43. The van der Waals surface area contributed by atoms with Crippen molar-refractivity contribution in [1.82, 2.24) is 4.90 Å². The maximum atomic E-state index is 12.7. The van der Waals surface area contributed by atoms with Gasteiger partial charge in [0, 0.05) is 11.6 Å². The predicted molar refractivity (Wildman–Crippen MR) is 106 cm³/mol. The summed E-state index contributed by atoms with van der Waals surface area (Å²) in [7, 11) is 1.64. The molecule has 2 aliphatic heterocycles. The van der Waals surface area contributed by atoms with Gasteiger partial charge in [0.2, 0.25) is 0 Å². The van der Waals surface area contributed by atoms with Crippen LogP contribution in [0.4, 0.5) is 4.79 Å². The van der Waals surface area contributed by atoms with Gasteiger partial charge in [-0.3, -0.25) is 4.90 Å². The summed E-state index contributed by atoms with van der Waals surface area (Å²) in [6, 6.07) is 17.5. The highest BCUT2D eigenvalue weighted by Crippen LogP contribution is 2.41. The quantitative estimate of drug-likeness (QED) is 0.789. The van der Waals surface area contributed by atoms with Crippen LogP contribution in [0.15, 0.2) is 54.6 Å². The number of carbonyl (C=O) groups is 1. The number of amides is 1. The normalized spacial score (nSPS) is 20.3. The number of nitriles is 1. The van der Waals surface area contributed by atoms with Crippen molar-refractivity contribution in [3.05, 3.63) is 71.3 Å². The van der Waals surface area contributed by atoms with Gasteiger partial charge < -0.3 is 9.47 Å². The summed E-state index contributed by atoms with van der Waals surface area (Å²) in [5.41, 5.74) is 3.66. The van der Waals surface area contributed by atoms with Crippen LogP contribution in [0.2, 0.25) is 0 Å². The Balaban J connectivity index is 1.53. The number of ether oxygens (including phenoxy) is 2. The Kier molecular flexibility index (Phi) is 5.03. The monoisotopic (exact) mass is 374 g/mol. The summed E-state index contributed by atoms with van der Waals surface area (Å²) >= 11 is 0. The van der Waals surface area contributed by atoms with Crippen molar-refractivity contribution in [2.75, 3.05) is 7.11 Å². The smallest absolute Gasteiger partial charge is 0.410 e. The first-order chi connectivity index (χ1) is 13.7. The van der Waals surface area contributed by atoms with E-state index in [0.29, 0.717) is 5.56 Å². The predicted octanol–water partition coefficient (Wildman–Crippen LogP) is 4.52. The molecule has 1 fully saturated rings. The lowest BCUT2D eigenvalue weighted by Gasteiger charge is -2.33. The summed E-state index contributed by atoms with van der Waals surface area (Å²) in [5.74, 6) is 0.754. The third-order valence-electron chi connectivity index (χ3n) is 5.49. The van der Waals surface area contributed by atoms with Crippen molar-refractivity contribution in [3.8, 4) is 11.8 Å². The molecule has 2 aromatic carbocycles. The first-order valence-electron chi connectivity index (χ1n) is 9.48. The molecule has 28 heavy (non-hydrogen) atoms. The summed E-state index contributed by atoms with van der Waals surface area (Å²) in [4.78, 5) is 14.6. The minimum atomic E-state index is -0.260. The van der Waals surface area contributed by atoms with Crippen molar-refractivity contribution in [2.45, 2.75) is 38.0 Å². The van der Waals surface area contributed by atoms with Gasteiger partial charge in [-0.05, 0) is 48.6 Å². The van der Waals surface area contributed by atoms with Crippen molar-refractivity contribution in [2.24, 2.45) is 0 Å². The molecule has 0 N–H and O–H groups in total. The average molecular weight is 374 g/mol. The van der Waals surface area contributed by atoms with Gasteiger partial charge in [-0.15, -0.1) is 0 Å². The molecule has 2 aliphatic rings. The number of methoxy groups -OCH3 is 1. The van der Waals surface area contributed by atoms with Crippen molar-refractivity contribution in [3.63, 3.8) is 0 Å². The molecule has 2 heterocycles. The van der Waals surface area contributed by atoms with Crippen LogP contribution in [0.5, 0.6) is 5.75 Å². The molecule has 2 atom stereocenters. The second-order valence-corrected chi connectivity index (χ2v) is 7.17. The second-order valence-electron chi connectivity index (χ2n) is 7.17. The fourth-order valence-electron chi connectivity index (χ4n) is 4.14. The number of benzene rings is 2. The Morgan fingerprint density at radius 2 is 2.04 bits per heavy atom. The van der Waals surface area contributed by atoms with E-state index in [-0.39, 0.29) is 24.8 Å². The maximum Gasteiger partial charge on any atom is 0.410 e. The van der Waals surface area contributed by atoms with E-state index < -0.39 is 0 Å². The standard InChI is InChI=1S/C23H22N2O3/c1-27-22-10-7-17(14-24)11-21(22)18-12-19-8-9-20(13-18)25(19)23(26)28-15-16-5-3-2-4-6-16/h2-7,10-12,19-20H,8-9,13,15H2,1H3. The third-order valence-corrected chi connectivity index (χ3v) is 5.49. The zero-order valence-electron chi connectivity index (χ0n) is 15.8. The van der Waals surface area contributed by atoms with Crippen LogP contribution < -0.4 is 4.74 Å². The molecule has 5 heteroatoms. The van der Waals surface area contributed by atoms with Gasteiger partial charge in [0.1, 0.15) is 12.4 Å². The Morgan fingerprint density at radius 3 is 2.75 bits per heavy atom. The van der Waals surface area contributed by atoms with Crippen molar-refractivity contribution >= 4 is 11.7 Å². The SMILES string of the molecule is COc1ccc(C#N)cc1C1=CC2CCC(C1)N2C(=O)OCc1ccccc1. The first kappa shape index (κ1) is 18.1. The van der Waals surface area contributed by atoms with E-state index in [1.54, 1.807) is 13.2 Å². The molecule has 1 amide bonds. The van der Waals surface area contributed by atoms with Gasteiger partial charge in [0.05, 0.1) is 24.8 Å². The van der Waals surface area contributed by atoms with E-state index in [0.717, 1.165) is 41.7 Å². The molecule has 0 aliphatic carbocycles. The minimum absolute atomic E-state index is 0.0208. The molecule has 0 radical (unpaired) electrons. The van der Waals surface area contributed by atoms with Crippen LogP contribution in [0.3, 0.4) is 0 Å². The van der Waals surface area contributed by atoms with Crippen LogP contribution >= 0.6 is 0 Å². The largest absolute Gasteiger partial charge is 0.496 e. The highest BCUT2D eigenvalue weighted by Gasteiger charge is 2.41. The number of hydrogen-bond acceptors (Lipinski definition) is 4. The number of carbonyl (C=O) groups excluding carboxylic acids is 1. The Labute approximate surface area is 164 Å². The molecule has 1 saturated heterocycles. The molecule has 0 aromatic heterocycles. The average Bonchev–Trinajstić information content (AvgIpc) is 3.01. The lowest BCUT2D eigenvalue weighted by atomic mass is 9.93. The van der Waals surface area contributed by atoms with Crippen LogP contribution in [-0.2, 0) is 11.3 Å². The van der Waals surface area contributed by atoms with Gasteiger partial charge in [-0.1, -0.05) is 36.4 Å². The summed E-state index contributed by atoms with van der Waals surface area (Å²) < 4.78 is 11.1. The molecule has 0 spiro atoms. The van der Waals surface area contributed by atoms with Gasteiger partial charge >= 0.3 is 6.09 Å². The highest BCUT2D eigenvalue weighted by atomic mass is 16.6. The van der Waals surface area contributed by atoms with E-state index >= 15 is 0 Å². The Hall–Kier alpha value is -3.26. The molecular weight excluding hydrogens is 352 g/mol. The minimum Gasteiger partial charge on any atom is -0.496 e. The van der Waals surface area contributed by atoms with Crippen LogP contribution in [-0.4, -0.2) is 30.2 Å². The van der Waals surface area contributed by atoms with Crippen molar-refractivity contribution in [1.29, 1.82) is 5.26 Å². The Morgan fingerprint density at radius 1 is 1.21 bits per heavy atom. The molecule has 4 rings (SSSR count). The number of hydrogen-bond donors (Lipinski definition) is 0. The summed E-state index contributed by atoms with van der Waals surface area (Å²) in [5, 5.41) is 9.23. The molecule has 0 saturated carbocycles. The van der Waals surface area contributed by atoms with Gasteiger partial charge in [-0.25, -0.2) is 4.79 Å². The third kappa shape index (κ3) is 3.46. The Bertz CT molecular complexity index is 946. The molecule has 2 aromatic rings. The van der Waals surface area contributed by atoms with Gasteiger partial charge in [0.25, 0.3) is 0 Å². The van der Waals surface area contributed by atoms with Crippen LogP contribution in [0.25, 0.3) is 5.57 Å². The molecule has 5 nitrogen and oxygen atoms in total. The van der Waals surface area contributed by atoms with E-state index in [2.05, 4.69) is 12.1 Å². The number of nitrogens with zero attached hydrogens (tertiary/aromatic N) is 2. The molecule has 2 unspecified atom stereocenters. The number of fused-ring (bicyclic) bond motifs is 2. The highest BCUT2D eigenvalue weighted by molar-refractivity contribution is 5.77. The van der Waals surface area contributed by atoms with Gasteiger partial charge in [0.15, 0.2) is 0 Å². The molecule has 142 valence electrons. The van der Waals surface area contributed by atoms with Crippen LogP contribution in [0.1, 0.15) is 36.0 Å². The van der Waals surface area contributed by atoms with Gasteiger partial charge in [-0.2, -0.15) is 5.26 Å². The zero-order valence-corrected chi connectivity index (χ0v) is 15.8. The van der Waals surface area contributed by atoms with E-state index in [1.807, 2.05) is 47.4 Å². The molecular formula is C23H22N2O3. The lowest BCUT2D eigenvalue weighted by molar-refractivity contribution is 0.0832. The van der Waals surface area contributed by atoms with Crippen LogP contribution in [0, 0.1) is 11.3 Å². The zero-order chi connectivity index (χ0) is 19.5. The van der Waals surface area contributed by atoms with E-state index in [9.17, 15) is 10.1 Å². The summed E-state index contributed by atoms with van der Waals surface area (Å²) in [6.45, 7) is 0.282. The maximum absolute atomic E-state index is 12.7. The fraction of sp³-hybridized carbons (Fsp3) is 0.304. The topological polar surface area (TPSA) is 62.6 Å². The fourth-order valence-corrected chi connectivity index (χ4v) is 4.14. The molecule has 2 bridgehead atoms.